The first-order valence-corrected chi connectivity index (χ1v) is 7.05. The SMILES string of the molecule is ON=c1cc(-c2ccc3ccccc3c2)oc2ccccc12. The first-order valence-electron chi connectivity index (χ1n) is 7.05. The van der Waals surface area contributed by atoms with Crippen molar-refractivity contribution in [2.45, 2.75) is 0 Å². The predicted octanol–water partition coefficient (Wildman–Crippen LogP) is 4.54. The molecule has 0 amide bonds. The van der Waals surface area contributed by atoms with Crippen LogP contribution in [0.3, 0.4) is 0 Å². The monoisotopic (exact) mass is 287 g/mol. The van der Waals surface area contributed by atoms with Gasteiger partial charge < -0.3 is 9.62 Å². The van der Waals surface area contributed by atoms with Crippen LogP contribution in [0.5, 0.6) is 0 Å². The van der Waals surface area contributed by atoms with Gasteiger partial charge in [-0.15, -0.1) is 0 Å². The third kappa shape index (κ3) is 2.04. The Balaban J connectivity index is 1.99. The maximum Gasteiger partial charge on any atom is 0.137 e. The Morgan fingerprint density at radius 3 is 2.41 bits per heavy atom. The number of benzene rings is 3. The first kappa shape index (κ1) is 12.7. The highest BCUT2D eigenvalue weighted by atomic mass is 16.4. The summed E-state index contributed by atoms with van der Waals surface area (Å²) in [5.74, 6) is 0.678. The van der Waals surface area contributed by atoms with E-state index in [-0.39, 0.29) is 0 Å². The molecular formula is C19H13NO2. The molecule has 0 atom stereocenters. The average molecular weight is 287 g/mol. The lowest BCUT2D eigenvalue weighted by molar-refractivity contribution is 0.302. The molecule has 0 radical (unpaired) electrons. The third-order valence-corrected chi connectivity index (χ3v) is 3.79. The van der Waals surface area contributed by atoms with Gasteiger partial charge in [-0.05, 0) is 29.0 Å². The van der Waals surface area contributed by atoms with E-state index >= 15 is 0 Å². The molecule has 3 heteroatoms. The molecule has 0 aliphatic carbocycles. The summed E-state index contributed by atoms with van der Waals surface area (Å²) in [7, 11) is 0. The fraction of sp³-hybridized carbons (Fsp3) is 0. The molecule has 1 N–H and O–H groups in total. The summed E-state index contributed by atoms with van der Waals surface area (Å²) in [5.41, 5.74) is 1.65. The summed E-state index contributed by atoms with van der Waals surface area (Å²) in [6.45, 7) is 0. The van der Waals surface area contributed by atoms with Gasteiger partial charge in [-0.1, -0.05) is 53.7 Å². The van der Waals surface area contributed by atoms with Crippen molar-refractivity contribution in [3.8, 4) is 11.3 Å². The highest BCUT2D eigenvalue weighted by Gasteiger charge is 2.06. The van der Waals surface area contributed by atoms with Crippen molar-refractivity contribution < 1.29 is 9.62 Å². The van der Waals surface area contributed by atoms with Crippen LogP contribution < -0.4 is 5.36 Å². The third-order valence-electron chi connectivity index (χ3n) is 3.79. The number of nitrogens with zero attached hydrogens (tertiary/aromatic N) is 1. The van der Waals surface area contributed by atoms with E-state index in [1.54, 1.807) is 6.07 Å². The molecule has 0 aliphatic rings. The second-order valence-electron chi connectivity index (χ2n) is 5.15. The quantitative estimate of drug-likeness (QED) is 0.412. The highest BCUT2D eigenvalue weighted by molar-refractivity contribution is 5.87. The molecule has 1 aromatic heterocycles. The smallest absolute Gasteiger partial charge is 0.137 e. The van der Waals surface area contributed by atoms with Crippen molar-refractivity contribution in [2.24, 2.45) is 5.16 Å². The molecule has 0 unspecified atom stereocenters. The highest BCUT2D eigenvalue weighted by Crippen LogP contribution is 2.25. The normalized spacial score (nSPS) is 12.1. The van der Waals surface area contributed by atoms with Crippen molar-refractivity contribution in [3.05, 3.63) is 78.2 Å². The van der Waals surface area contributed by atoms with Crippen molar-refractivity contribution in [2.75, 3.05) is 0 Å². The standard InChI is InChI=1S/C19H13NO2/c21-20-17-12-19(22-18-8-4-3-7-16(17)18)15-10-9-13-5-1-2-6-14(13)11-15/h1-12,21H. The zero-order valence-electron chi connectivity index (χ0n) is 11.7. The average Bonchev–Trinajstić information content (AvgIpc) is 2.60. The number of rotatable bonds is 1. The second kappa shape index (κ2) is 5.04. The molecular weight excluding hydrogens is 274 g/mol. The zero-order valence-corrected chi connectivity index (χ0v) is 11.7. The van der Waals surface area contributed by atoms with E-state index < -0.39 is 0 Å². The topological polar surface area (TPSA) is 45.7 Å². The van der Waals surface area contributed by atoms with Gasteiger partial charge in [0, 0.05) is 17.0 Å². The van der Waals surface area contributed by atoms with Crippen LogP contribution in [0.4, 0.5) is 0 Å². The van der Waals surface area contributed by atoms with Crippen molar-refractivity contribution in [1.29, 1.82) is 0 Å². The molecule has 4 aromatic rings. The van der Waals surface area contributed by atoms with Gasteiger partial charge in [0.25, 0.3) is 0 Å². The molecule has 0 aliphatic heterocycles. The molecule has 0 saturated carbocycles. The Morgan fingerprint density at radius 1 is 0.773 bits per heavy atom. The van der Waals surface area contributed by atoms with Crippen LogP contribution in [0.15, 0.2) is 82.4 Å². The van der Waals surface area contributed by atoms with Gasteiger partial charge >= 0.3 is 0 Å². The molecule has 3 nitrogen and oxygen atoms in total. The van der Waals surface area contributed by atoms with Gasteiger partial charge in [-0.25, -0.2) is 0 Å². The number of hydrogen-bond donors (Lipinski definition) is 1. The lowest BCUT2D eigenvalue weighted by atomic mass is 10.0. The molecule has 3 aromatic carbocycles. The molecule has 106 valence electrons. The van der Waals surface area contributed by atoms with Crippen molar-refractivity contribution in [1.82, 2.24) is 0 Å². The second-order valence-corrected chi connectivity index (χ2v) is 5.15. The molecule has 22 heavy (non-hydrogen) atoms. The minimum absolute atomic E-state index is 0.505. The van der Waals surface area contributed by atoms with E-state index in [1.807, 2.05) is 42.5 Å². The first-order chi connectivity index (χ1) is 10.8. The van der Waals surface area contributed by atoms with Gasteiger partial charge in [0.2, 0.25) is 0 Å². The Kier molecular flexibility index (Phi) is 2.90. The predicted molar refractivity (Wildman–Crippen MR) is 86.5 cm³/mol. The van der Waals surface area contributed by atoms with Crippen LogP contribution in [0.2, 0.25) is 0 Å². The van der Waals surface area contributed by atoms with E-state index in [1.165, 1.54) is 5.39 Å². The van der Waals surface area contributed by atoms with Crippen LogP contribution >= 0.6 is 0 Å². The number of hydrogen-bond acceptors (Lipinski definition) is 3. The van der Waals surface area contributed by atoms with Crippen LogP contribution in [-0.4, -0.2) is 5.21 Å². The lowest BCUT2D eigenvalue weighted by Gasteiger charge is -2.05. The van der Waals surface area contributed by atoms with Crippen LogP contribution in [0, 0.1) is 0 Å². The van der Waals surface area contributed by atoms with Crippen LogP contribution in [0.1, 0.15) is 0 Å². The van der Waals surface area contributed by atoms with Gasteiger partial charge in [0.1, 0.15) is 16.7 Å². The Morgan fingerprint density at radius 2 is 1.55 bits per heavy atom. The molecule has 0 spiro atoms. The molecule has 1 heterocycles. The largest absolute Gasteiger partial charge is 0.456 e. The minimum Gasteiger partial charge on any atom is -0.456 e. The summed E-state index contributed by atoms with van der Waals surface area (Å²) in [6, 6.07) is 23.6. The number of para-hydroxylation sites is 1. The van der Waals surface area contributed by atoms with Gasteiger partial charge in [0.15, 0.2) is 0 Å². The Hall–Kier alpha value is -3.07. The van der Waals surface area contributed by atoms with Crippen molar-refractivity contribution in [3.63, 3.8) is 0 Å². The van der Waals surface area contributed by atoms with E-state index in [2.05, 4.69) is 29.4 Å². The maximum absolute atomic E-state index is 9.26. The molecule has 0 fully saturated rings. The van der Waals surface area contributed by atoms with Gasteiger partial charge in [0.05, 0.1) is 0 Å². The summed E-state index contributed by atoms with van der Waals surface area (Å²) in [6.07, 6.45) is 0. The fourth-order valence-corrected chi connectivity index (χ4v) is 2.68. The van der Waals surface area contributed by atoms with E-state index in [9.17, 15) is 5.21 Å². The van der Waals surface area contributed by atoms with Crippen LogP contribution in [0.25, 0.3) is 33.1 Å². The van der Waals surface area contributed by atoms with Gasteiger partial charge in [-0.3, -0.25) is 0 Å². The van der Waals surface area contributed by atoms with Crippen LogP contribution in [-0.2, 0) is 0 Å². The lowest BCUT2D eigenvalue weighted by Crippen LogP contribution is -2.02. The molecule has 4 rings (SSSR count). The Labute approximate surface area is 126 Å². The maximum atomic E-state index is 9.26. The van der Waals surface area contributed by atoms with Gasteiger partial charge in [-0.2, -0.15) is 0 Å². The minimum atomic E-state index is 0.505. The number of fused-ring (bicyclic) bond motifs is 2. The summed E-state index contributed by atoms with van der Waals surface area (Å²) < 4.78 is 5.97. The zero-order chi connectivity index (χ0) is 14.9. The van der Waals surface area contributed by atoms with Crippen molar-refractivity contribution >= 4 is 21.7 Å². The summed E-state index contributed by atoms with van der Waals surface area (Å²) in [5, 5.41) is 16.3. The van der Waals surface area contributed by atoms with E-state index in [0.29, 0.717) is 16.7 Å². The summed E-state index contributed by atoms with van der Waals surface area (Å²) >= 11 is 0. The van der Waals surface area contributed by atoms with E-state index in [4.69, 9.17) is 4.42 Å². The molecule has 0 saturated heterocycles. The Bertz CT molecular complexity index is 1050. The molecule has 0 bridgehead atoms. The fourth-order valence-electron chi connectivity index (χ4n) is 2.68. The van der Waals surface area contributed by atoms with E-state index in [0.717, 1.165) is 16.3 Å². The summed E-state index contributed by atoms with van der Waals surface area (Å²) in [4.78, 5) is 0.